The summed E-state index contributed by atoms with van der Waals surface area (Å²) in [5.41, 5.74) is 4.35. The molecule has 0 aromatic heterocycles. The van der Waals surface area contributed by atoms with Gasteiger partial charge >= 0.3 is 5.97 Å². The molecule has 21 heavy (non-hydrogen) atoms. The Morgan fingerprint density at radius 1 is 1.14 bits per heavy atom. The fraction of sp³-hybridized carbons (Fsp3) is 0.278. The number of rotatable bonds is 5. The van der Waals surface area contributed by atoms with E-state index in [0.29, 0.717) is 17.9 Å². The van der Waals surface area contributed by atoms with Gasteiger partial charge in [0.15, 0.2) is 0 Å². The van der Waals surface area contributed by atoms with Gasteiger partial charge in [-0.1, -0.05) is 47.5 Å². The van der Waals surface area contributed by atoms with Crippen LogP contribution in [-0.2, 0) is 17.6 Å². The predicted molar refractivity (Wildman–Crippen MR) is 85.9 cm³/mol. The first-order valence-corrected chi connectivity index (χ1v) is 7.37. The van der Waals surface area contributed by atoms with Gasteiger partial charge in [-0.3, -0.25) is 4.79 Å². The minimum atomic E-state index is -0.768. The van der Waals surface area contributed by atoms with Crippen LogP contribution in [0.3, 0.4) is 0 Å². The molecule has 2 rings (SSSR count). The predicted octanol–water partition coefficient (Wildman–Crippen LogP) is 4.44. The van der Waals surface area contributed by atoms with Crippen LogP contribution < -0.4 is 0 Å². The Morgan fingerprint density at radius 2 is 1.90 bits per heavy atom. The Balaban J connectivity index is 2.20. The highest BCUT2D eigenvalue weighted by molar-refractivity contribution is 6.30. The van der Waals surface area contributed by atoms with Gasteiger partial charge in [0.05, 0.1) is 5.92 Å². The third-order valence-electron chi connectivity index (χ3n) is 3.69. The number of carbonyl (C=O) groups is 1. The van der Waals surface area contributed by atoms with E-state index in [1.807, 2.05) is 44.2 Å². The molecule has 0 bridgehead atoms. The van der Waals surface area contributed by atoms with Gasteiger partial charge in [-0.25, -0.2) is 0 Å². The van der Waals surface area contributed by atoms with Gasteiger partial charge in [0.1, 0.15) is 0 Å². The van der Waals surface area contributed by atoms with Gasteiger partial charge in [-0.05, 0) is 55.5 Å². The Hall–Kier alpha value is -1.80. The summed E-state index contributed by atoms with van der Waals surface area (Å²) in [4.78, 5) is 11.6. The van der Waals surface area contributed by atoms with Crippen molar-refractivity contribution in [3.05, 3.63) is 69.7 Å². The lowest BCUT2D eigenvalue weighted by Gasteiger charge is -2.15. The molecule has 0 aliphatic heterocycles. The van der Waals surface area contributed by atoms with Crippen molar-refractivity contribution in [2.24, 2.45) is 5.92 Å². The maximum atomic E-state index is 11.6. The van der Waals surface area contributed by atoms with E-state index in [-0.39, 0.29) is 0 Å². The van der Waals surface area contributed by atoms with Gasteiger partial charge in [0, 0.05) is 5.02 Å². The van der Waals surface area contributed by atoms with Gasteiger partial charge in [0.2, 0.25) is 0 Å². The summed E-state index contributed by atoms with van der Waals surface area (Å²) in [6.07, 6.45) is 1.03. The molecule has 0 heterocycles. The molecule has 3 heteroatoms. The second-order valence-electron chi connectivity index (χ2n) is 5.50. The second-order valence-corrected chi connectivity index (χ2v) is 5.94. The van der Waals surface area contributed by atoms with E-state index in [0.717, 1.165) is 22.3 Å². The van der Waals surface area contributed by atoms with Crippen LogP contribution >= 0.6 is 11.6 Å². The average molecular weight is 303 g/mol. The normalized spacial score (nSPS) is 12.1. The molecule has 0 saturated heterocycles. The standard InChI is InChI=1S/C18H19ClO2/c1-12-6-7-13(2)15(8-12)11-16(18(20)21)9-14-4-3-5-17(19)10-14/h3-8,10,16H,9,11H2,1-2H3,(H,20,21). The largest absolute Gasteiger partial charge is 0.481 e. The minimum Gasteiger partial charge on any atom is -0.481 e. The van der Waals surface area contributed by atoms with E-state index < -0.39 is 11.9 Å². The molecule has 0 spiro atoms. The summed E-state index contributed by atoms with van der Waals surface area (Å²) in [7, 11) is 0. The highest BCUT2D eigenvalue weighted by atomic mass is 35.5. The van der Waals surface area contributed by atoms with Crippen LogP contribution in [0.1, 0.15) is 22.3 Å². The van der Waals surface area contributed by atoms with E-state index >= 15 is 0 Å². The van der Waals surface area contributed by atoms with Crippen LogP contribution in [-0.4, -0.2) is 11.1 Å². The molecule has 110 valence electrons. The van der Waals surface area contributed by atoms with Crippen LogP contribution in [0.15, 0.2) is 42.5 Å². The van der Waals surface area contributed by atoms with Crippen molar-refractivity contribution in [1.82, 2.24) is 0 Å². The zero-order valence-electron chi connectivity index (χ0n) is 12.3. The fourth-order valence-corrected chi connectivity index (χ4v) is 2.69. The van der Waals surface area contributed by atoms with Crippen molar-refractivity contribution >= 4 is 17.6 Å². The first-order chi connectivity index (χ1) is 9.95. The third kappa shape index (κ3) is 4.33. The van der Waals surface area contributed by atoms with Crippen LogP contribution in [0, 0.1) is 19.8 Å². The molecule has 0 amide bonds. The van der Waals surface area contributed by atoms with Gasteiger partial charge in [-0.2, -0.15) is 0 Å². The molecule has 2 aromatic rings. The molecular formula is C18H19ClO2. The zero-order chi connectivity index (χ0) is 15.4. The van der Waals surface area contributed by atoms with Gasteiger partial charge in [0.25, 0.3) is 0 Å². The first kappa shape index (κ1) is 15.6. The second kappa shape index (κ2) is 6.77. The van der Waals surface area contributed by atoms with Crippen LogP contribution in [0.25, 0.3) is 0 Å². The lowest BCUT2D eigenvalue weighted by atomic mass is 9.90. The Kier molecular flexibility index (Phi) is 5.03. The number of carboxylic acid groups (broad SMARTS) is 1. The van der Waals surface area contributed by atoms with Crippen molar-refractivity contribution in [3.8, 4) is 0 Å². The number of carboxylic acids is 1. The number of hydrogen-bond donors (Lipinski definition) is 1. The minimum absolute atomic E-state index is 0.441. The van der Waals surface area contributed by atoms with E-state index in [9.17, 15) is 9.90 Å². The van der Waals surface area contributed by atoms with Crippen molar-refractivity contribution in [1.29, 1.82) is 0 Å². The zero-order valence-corrected chi connectivity index (χ0v) is 13.0. The molecule has 1 unspecified atom stereocenters. The molecule has 0 saturated carbocycles. The summed E-state index contributed by atoms with van der Waals surface area (Å²) in [5.74, 6) is -1.21. The third-order valence-corrected chi connectivity index (χ3v) is 3.93. The number of aliphatic carboxylic acids is 1. The number of benzene rings is 2. The lowest BCUT2D eigenvalue weighted by molar-refractivity contribution is -0.141. The smallest absolute Gasteiger partial charge is 0.307 e. The van der Waals surface area contributed by atoms with Crippen molar-refractivity contribution < 1.29 is 9.90 Å². The number of aryl methyl sites for hydroxylation is 2. The van der Waals surface area contributed by atoms with E-state index in [1.165, 1.54) is 0 Å². The molecule has 0 fully saturated rings. The average Bonchev–Trinajstić information content (AvgIpc) is 2.42. The van der Waals surface area contributed by atoms with Crippen LogP contribution in [0.2, 0.25) is 5.02 Å². The first-order valence-electron chi connectivity index (χ1n) is 6.99. The fourth-order valence-electron chi connectivity index (χ4n) is 2.48. The van der Waals surface area contributed by atoms with Crippen molar-refractivity contribution in [3.63, 3.8) is 0 Å². The maximum Gasteiger partial charge on any atom is 0.307 e. The molecular weight excluding hydrogens is 284 g/mol. The summed E-state index contributed by atoms with van der Waals surface area (Å²) >= 11 is 5.97. The van der Waals surface area contributed by atoms with E-state index in [2.05, 4.69) is 6.07 Å². The van der Waals surface area contributed by atoms with Gasteiger partial charge in [-0.15, -0.1) is 0 Å². The molecule has 0 radical (unpaired) electrons. The van der Waals surface area contributed by atoms with E-state index in [1.54, 1.807) is 6.07 Å². The summed E-state index contributed by atoms with van der Waals surface area (Å²) in [5, 5.41) is 10.1. The molecule has 0 aliphatic rings. The molecule has 2 nitrogen and oxygen atoms in total. The highest BCUT2D eigenvalue weighted by Gasteiger charge is 2.19. The monoisotopic (exact) mass is 302 g/mol. The van der Waals surface area contributed by atoms with Crippen molar-refractivity contribution in [2.75, 3.05) is 0 Å². The molecule has 1 atom stereocenters. The van der Waals surface area contributed by atoms with Crippen LogP contribution in [0.5, 0.6) is 0 Å². The molecule has 1 N–H and O–H groups in total. The quantitative estimate of drug-likeness (QED) is 0.886. The summed E-state index contributed by atoms with van der Waals surface area (Å²) in [6.45, 7) is 4.04. The number of hydrogen-bond acceptors (Lipinski definition) is 1. The molecule has 2 aromatic carbocycles. The Morgan fingerprint density at radius 3 is 2.57 bits per heavy atom. The molecule has 0 aliphatic carbocycles. The Labute approximate surface area is 130 Å². The maximum absolute atomic E-state index is 11.6. The number of halogens is 1. The summed E-state index contributed by atoms with van der Waals surface area (Å²) in [6, 6.07) is 13.6. The highest BCUT2D eigenvalue weighted by Crippen LogP contribution is 2.20. The van der Waals surface area contributed by atoms with Crippen LogP contribution in [0.4, 0.5) is 0 Å². The van der Waals surface area contributed by atoms with Gasteiger partial charge < -0.3 is 5.11 Å². The van der Waals surface area contributed by atoms with Crippen molar-refractivity contribution in [2.45, 2.75) is 26.7 Å². The topological polar surface area (TPSA) is 37.3 Å². The SMILES string of the molecule is Cc1ccc(C)c(CC(Cc2cccc(Cl)c2)C(=O)O)c1. The Bertz CT molecular complexity index is 649. The summed E-state index contributed by atoms with van der Waals surface area (Å²) < 4.78 is 0. The van der Waals surface area contributed by atoms with E-state index in [4.69, 9.17) is 11.6 Å². The lowest BCUT2D eigenvalue weighted by Crippen LogP contribution is -2.19.